The van der Waals surface area contributed by atoms with Gasteiger partial charge in [-0.05, 0) is 40.5 Å². The summed E-state index contributed by atoms with van der Waals surface area (Å²) in [6, 6.07) is 35.5. The Kier molecular flexibility index (Phi) is 8.72. The maximum Gasteiger partial charge on any atom is 0.330 e. The molecular weight excluding hydrogens is 436 g/mol. The van der Waals surface area contributed by atoms with Crippen LogP contribution in [0.4, 0.5) is 0 Å². The average Bonchev–Trinajstić information content (AvgIpc) is 2.92. The fourth-order valence-corrected chi connectivity index (χ4v) is 3.46. The van der Waals surface area contributed by atoms with Crippen molar-refractivity contribution in [1.82, 2.24) is 0 Å². The highest BCUT2D eigenvalue weighted by Crippen LogP contribution is 2.30. The molecule has 0 bridgehead atoms. The van der Waals surface area contributed by atoms with Crippen LogP contribution in [-0.4, -0.2) is 12.6 Å². The Hall–Kier alpha value is -4.31. The average molecular weight is 465 g/mol. The molecule has 4 aromatic carbocycles. The highest BCUT2D eigenvalue weighted by molar-refractivity contribution is 5.87. The molecule has 0 saturated carbocycles. The summed E-state index contributed by atoms with van der Waals surface area (Å²) in [5, 5.41) is 0. The number of carbonyl (C=O) groups is 1. The minimum Gasteiger partial charge on any atom is -0.485 e. The van der Waals surface area contributed by atoms with E-state index in [1.54, 1.807) is 6.08 Å². The quantitative estimate of drug-likeness (QED) is 0.184. The summed E-state index contributed by atoms with van der Waals surface area (Å²) >= 11 is 0. The van der Waals surface area contributed by atoms with Crippen LogP contribution in [0.2, 0.25) is 0 Å². The molecule has 4 rings (SSSR count). The Bertz CT molecular complexity index is 1220. The fraction of sp³-hybridized carbons (Fsp3) is 0.129. The molecule has 0 atom stereocenters. The molecule has 4 aromatic rings. The lowest BCUT2D eigenvalue weighted by molar-refractivity contribution is -0.137. The molecule has 0 unspecified atom stereocenters. The van der Waals surface area contributed by atoms with Gasteiger partial charge in [0, 0.05) is 12.5 Å². The summed E-state index contributed by atoms with van der Waals surface area (Å²) in [6.07, 6.45) is 3.85. The molecular formula is C31H28O4. The molecule has 0 aliphatic carbocycles. The van der Waals surface area contributed by atoms with Crippen LogP contribution in [0.3, 0.4) is 0 Å². The Morgan fingerprint density at radius 1 is 0.629 bits per heavy atom. The molecule has 176 valence electrons. The summed E-state index contributed by atoms with van der Waals surface area (Å²) < 4.78 is 17.5. The van der Waals surface area contributed by atoms with E-state index in [2.05, 4.69) is 0 Å². The molecule has 0 aromatic heterocycles. The van der Waals surface area contributed by atoms with Gasteiger partial charge in [0.05, 0.1) is 6.61 Å². The molecule has 0 spiro atoms. The Labute approximate surface area is 206 Å². The van der Waals surface area contributed by atoms with Gasteiger partial charge in [0.25, 0.3) is 0 Å². The summed E-state index contributed by atoms with van der Waals surface area (Å²) in [5.74, 6) is 0.883. The van der Waals surface area contributed by atoms with Gasteiger partial charge in [-0.1, -0.05) is 97.1 Å². The topological polar surface area (TPSA) is 44.8 Å². The first-order valence-corrected chi connectivity index (χ1v) is 11.6. The second-order valence-electron chi connectivity index (χ2n) is 7.99. The van der Waals surface area contributed by atoms with Crippen molar-refractivity contribution in [2.45, 2.75) is 19.6 Å². The zero-order valence-electron chi connectivity index (χ0n) is 19.5. The molecule has 0 saturated heterocycles. The summed E-state index contributed by atoms with van der Waals surface area (Å²) in [5.41, 5.74) is 4.09. The molecule has 0 N–H and O–H groups in total. The van der Waals surface area contributed by atoms with E-state index in [0.717, 1.165) is 22.3 Å². The third-order valence-corrected chi connectivity index (χ3v) is 5.33. The number of hydrogen-bond acceptors (Lipinski definition) is 4. The van der Waals surface area contributed by atoms with Crippen molar-refractivity contribution in [2.75, 3.05) is 6.61 Å². The second kappa shape index (κ2) is 12.8. The van der Waals surface area contributed by atoms with Crippen LogP contribution in [0, 0.1) is 0 Å². The van der Waals surface area contributed by atoms with Crippen molar-refractivity contribution in [3.8, 4) is 11.5 Å². The maximum absolute atomic E-state index is 12.2. The normalized spacial score (nSPS) is 10.7. The highest BCUT2D eigenvalue weighted by atomic mass is 16.5. The van der Waals surface area contributed by atoms with Crippen LogP contribution in [-0.2, 0) is 29.2 Å². The van der Waals surface area contributed by atoms with E-state index in [1.165, 1.54) is 6.08 Å². The summed E-state index contributed by atoms with van der Waals surface area (Å²) in [6.45, 7) is 1.19. The molecule has 0 amide bonds. The van der Waals surface area contributed by atoms with Crippen LogP contribution >= 0.6 is 0 Å². The number of carbonyl (C=O) groups excluding carboxylic acids is 1. The van der Waals surface area contributed by atoms with E-state index in [0.29, 0.717) is 37.7 Å². The van der Waals surface area contributed by atoms with E-state index >= 15 is 0 Å². The van der Waals surface area contributed by atoms with Gasteiger partial charge in [-0.25, -0.2) is 4.79 Å². The number of esters is 1. The van der Waals surface area contributed by atoms with Crippen LogP contribution in [0.5, 0.6) is 11.5 Å². The predicted molar refractivity (Wildman–Crippen MR) is 138 cm³/mol. The molecule has 35 heavy (non-hydrogen) atoms. The van der Waals surface area contributed by atoms with Crippen LogP contribution < -0.4 is 9.47 Å². The van der Waals surface area contributed by atoms with Crippen LogP contribution in [0.25, 0.3) is 6.08 Å². The van der Waals surface area contributed by atoms with Crippen molar-refractivity contribution in [2.24, 2.45) is 0 Å². The van der Waals surface area contributed by atoms with Crippen molar-refractivity contribution < 1.29 is 19.0 Å². The van der Waals surface area contributed by atoms with Gasteiger partial charge in [0.15, 0.2) is 11.5 Å². The molecule has 4 heteroatoms. The number of rotatable bonds is 11. The van der Waals surface area contributed by atoms with E-state index < -0.39 is 0 Å². The number of benzene rings is 4. The van der Waals surface area contributed by atoms with Crippen LogP contribution in [0.1, 0.15) is 22.3 Å². The Morgan fingerprint density at radius 3 is 1.77 bits per heavy atom. The molecule has 0 radical (unpaired) electrons. The SMILES string of the molecule is O=C(/C=C\c1ccc(OCc2ccccc2)c(OCc2ccccc2)c1)OCCc1ccccc1. The fourth-order valence-electron chi connectivity index (χ4n) is 3.46. The van der Waals surface area contributed by atoms with Gasteiger partial charge in [-0.2, -0.15) is 0 Å². The third kappa shape index (κ3) is 7.90. The maximum atomic E-state index is 12.2. The Balaban J connectivity index is 1.40. The first-order valence-electron chi connectivity index (χ1n) is 11.6. The monoisotopic (exact) mass is 464 g/mol. The van der Waals surface area contributed by atoms with E-state index in [9.17, 15) is 4.79 Å². The molecule has 0 fully saturated rings. The van der Waals surface area contributed by atoms with Crippen LogP contribution in [0.15, 0.2) is 115 Å². The van der Waals surface area contributed by atoms with Crippen molar-refractivity contribution >= 4 is 12.0 Å². The largest absolute Gasteiger partial charge is 0.485 e. The zero-order chi connectivity index (χ0) is 24.1. The van der Waals surface area contributed by atoms with E-state index in [4.69, 9.17) is 14.2 Å². The first-order chi connectivity index (χ1) is 17.3. The lowest BCUT2D eigenvalue weighted by atomic mass is 10.1. The lowest BCUT2D eigenvalue weighted by Crippen LogP contribution is -2.04. The van der Waals surface area contributed by atoms with Gasteiger partial charge < -0.3 is 14.2 Å². The second-order valence-corrected chi connectivity index (χ2v) is 7.99. The van der Waals surface area contributed by atoms with Gasteiger partial charge in [-0.3, -0.25) is 0 Å². The molecule has 0 heterocycles. The van der Waals surface area contributed by atoms with Crippen molar-refractivity contribution in [3.63, 3.8) is 0 Å². The van der Waals surface area contributed by atoms with Crippen molar-refractivity contribution in [3.05, 3.63) is 138 Å². The first kappa shape index (κ1) is 23.8. The number of ether oxygens (including phenoxy) is 3. The van der Waals surface area contributed by atoms with Gasteiger partial charge in [-0.15, -0.1) is 0 Å². The van der Waals surface area contributed by atoms with Gasteiger partial charge in [0.1, 0.15) is 13.2 Å². The predicted octanol–water partition coefficient (Wildman–Crippen LogP) is 6.64. The minimum atomic E-state index is -0.378. The van der Waals surface area contributed by atoms with Gasteiger partial charge >= 0.3 is 5.97 Å². The highest BCUT2D eigenvalue weighted by Gasteiger charge is 2.08. The standard InChI is InChI=1S/C31H28O4/c32-31(33-21-20-25-10-4-1-5-11-25)19-17-26-16-18-29(34-23-27-12-6-2-7-13-27)30(22-26)35-24-28-14-8-3-9-15-28/h1-19,22H,20-21,23-24H2/b19-17-. The van der Waals surface area contributed by atoms with E-state index in [1.807, 2.05) is 109 Å². The zero-order valence-corrected chi connectivity index (χ0v) is 19.5. The van der Waals surface area contributed by atoms with E-state index in [-0.39, 0.29) is 5.97 Å². The number of hydrogen-bond donors (Lipinski definition) is 0. The third-order valence-electron chi connectivity index (χ3n) is 5.33. The Morgan fingerprint density at radius 2 is 1.17 bits per heavy atom. The minimum absolute atomic E-state index is 0.338. The lowest BCUT2D eigenvalue weighted by Gasteiger charge is -2.14. The molecule has 4 nitrogen and oxygen atoms in total. The van der Waals surface area contributed by atoms with Crippen molar-refractivity contribution in [1.29, 1.82) is 0 Å². The summed E-state index contributed by atoms with van der Waals surface area (Å²) in [7, 11) is 0. The molecule has 0 aliphatic rings. The smallest absolute Gasteiger partial charge is 0.330 e. The van der Waals surface area contributed by atoms with Gasteiger partial charge in [0.2, 0.25) is 0 Å². The summed E-state index contributed by atoms with van der Waals surface area (Å²) in [4.78, 5) is 12.2. The molecule has 0 aliphatic heterocycles.